The predicted molar refractivity (Wildman–Crippen MR) is 93.1 cm³/mol. The summed E-state index contributed by atoms with van der Waals surface area (Å²) in [6.45, 7) is 3.43. The first-order chi connectivity index (χ1) is 11.7. The Balaban J connectivity index is 1.41. The molecule has 2 aliphatic heterocycles. The number of benzene rings is 1. The van der Waals surface area contributed by atoms with Crippen LogP contribution in [0.1, 0.15) is 32.1 Å². The molecule has 2 saturated heterocycles. The van der Waals surface area contributed by atoms with E-state index in [4.69, 9.17) is 4.74 Å². The zero-order valence-electron chi connectivity index (χ0n) is 13.9. The molecule has 0 spiro atoms. The van der Waals surface area contributed by atoms with Gasteiger partial charge in [0.2, 0.25) is 11.8 Å². The Kier molecular flexibility index (Phi) is 5.69. The molecule has 3 rings (SSSR count). The van der Waals surface area contributed by atoms with Crippen LogP contribution in [-0.4, -0.2) is 44.2 Å². The molecule has 24 heavy (non-hydrogen) atoms. The highest BCUT2D eigenvalue weighted by Gasteiger charge is 2.17. The number of ether oxygens (including phenoxy) is 1. The van der Waals surface area contributed by atoms with Crippen LogP contribution >= 0.6 is 0 Å². The maximum Gasteiger partial charge on any atom is 0.233 e. The maximum atomic E-state index is 11.9. The van der Waals surface area contributed by atoms with E-state index in [2.05, 4.69) is 15.5 Å². The van der Waals surface area contributed by atoms with E-state index in [9.17, 15) is 9.59 Å². The molecule has 0 saturated carbocycles. The van der Waals surface area contributed by atoms with Crippen LogP contribution in [0, 0.1) is 0 Å². The van der Waals surface area contributed by atoms with E-state index in [0.717, 1.165) is 38.2 Å². The van der Waals surface area contributed by atoms with Gasteiger partial charge >= 0.3 is 0 Å². The summed E-state index contributed by atoms with van der Waals surface area (Å²) < 4.78 is 5.44. The lowest BCUT2D eigenvalue weighted by atomic mass is 10.2. The molecule has 0 aromatic heterocycles. The zero-order valence-corrected chi connectivity index (χ0v) is 13.9. The van der Waals surface area contributed by atoms with Gasteiger partial charge < -0.3 is 20.3 Å². The quantitative estimate of drug-likeness (QED) is 0.781. The smallest absolute Gasteiger partial charge is 0.233 e. The van der Waals surface area contributed by atoms with Crippen LogP contribution in [0.15, 0.2) is 24.3 Å². The van der Waals surface area contributed by atoms with Gasteiger partial charge in [-0.15, -0.1) is 0 Å². The Hall–Kier alpha value is -2.08. The number of nitrogens with one attached hydrogen (secondary N) is 2. The minimum Gasteiger partial charge on any atom is -0.376 e. The third-order valence-electron chi connectivity index (χ3n) is 4.49. The SMILES string of the molecule is O=C(CC(=O)Nc1ccc(N2CCCC2)cc1)NCC1CCCO1. The Morgan fingerprint density at radius 1 is 1.08 bits per heavy atom. The van der Waals surface area contributed by atoms with Crippen molar-refractivity contribution in [2.24, 2.45) is 0 Å². The van der Waals surface area contributed by atoms with Crippen LogP contribution in [0.5, 0.6) is 0 Å². The number of amides is 2. The number of anilines is 2. The summed E-state index contributed by atoms with van der Waals surface area (Å²) in [6.07, 6.45) is 4.40. The molecular formula is C18H25N3O3. The molecule has 1 aromatic carbocycles. The molecular weight excluding hydrogens is 306 g/mol. The van der Waals surface area contributed by atoms with E-state index >= 15 is 0 Å². The first-order valence-corrected chi connectivity index (χ1v) is 8.74. The first kappa shape index (κ1) is 16.8. The highest BCUT2D eigenvalue weighted by molar-refractivity contribution is 6.03. The minimum absolute atomic E-state index is 0.0927. The second-order valence-corrected chi connectivity index (χ2v) is 6.41. The van der Waals surface area contributed by atoms with Crippen LogP contribution in [0.3, 0.4) is 0 Å². The molecule has 2 aliphatic rings. The van der Waals surface area contributed by atoms with E-state index < -0.39 is 0 Å². The summed E-state index contributed by atoms with van der Waals surface area (Å²) in [5.74, 6) is -0.564. The van der Waals surface area contributed by atoms with Gasteiger partial charge in [-0.25, -0.2) is 0 Å². The third-order valence-corrected chi connectivity index (χ3v) is 4.49. The molecule has 6 nitrogen and oxygen atoms in total. The molecule has 2 amide bonds. The van der Waals surface area contributed by atoms with Gasteiger partial charge in [-0.3, -0.25) is 9.59 Å². The van der Waals surface area contributed by atoms with Crippen molar-refractivity contribution in [1.82, 2.24) is 5.32 Å². The molecule has 2 fully saturated rings. The molecule has 0 bridgehead atoms. The fourth-order valence-corrected chi connectivity index (χ4v) is 3.18. The fraction of sp³-hybridized carbons (Fsp3) is 0.556. The topological polar surface area (TPSA) is 70.7 Å². The number of carbonyl (C=O) groups excluding carboxylic acids is 2. The van der Waals surface area contributed by atoms with Crippen LogP contribution in [0.4, 0.5) is 11.4 Å². The highest BCUT2D eigenvalue weighted by Crippen LogP contribution is 2.22. The van der Waals surface area contributed by atoms with Crippen LogP contribution in [0.2, 0.25) is 0 Å². The number of carbonyl (C=O) groups is 2. The van der Waals surface area contributed by atoms with Crippen molar-refractivity contribution in [3.63, 3.8) is 0 Å². The standard InChI is InChI=1S/C18H25N3O3/c22-17(19-13-16-4-3-11-24-16)12-18(23)20-14-5-7-15(8-6-14)21-9-1-2-10-21/h5-8,16H,1-4,9-13H2,(H,19,22)(H,20,23). The lowest BCUT2D eigenvalue weighted by Gasteiger charge is -2.17. The maximum absolute atomic E-state index is 11.9. The molecule has 2 heterocycles. The van der Waals surface area contributed by atoms with Gasteiger partial charge in [0.25, 0.3) is 0 Å². The molecule has 1 unspecified atom stereocenters. The third kappa shape index (κ3) is 4.71. The van der Waals surface area contributed by atoms with Crippen molar-refractivity contribution in [2.45, 2.75) is 38.2 Å². The molecule has 6 heteroatoms. The number of hydrogen-bond acceptors (Lipinski definition) is 4. The Labute approximate surface area is 142 Å². The Morgan fingerprint density at radius 2 is 1.83 bits per heavy atom. The highest BCUT2D eigenvalue weighted by atomic mass is 16.5. The minimum atomic E-state index is -0.297. The second-order valence-electron chi connectivity index (χ2n) is 6.41. The number of rotatable bonds is 6. The Morgan fingerprint density at radius 3 is 2.50 bits per heavy atom. The van der Waals surface area contributed by atoms with Crippen molar-refractivity contribution >= 4 is 23.2 Å². The lowest BCUT2D eigenvalue weighted by Crippen LogP contribution is -2.34. The van der Waals surface area contributed by atoms with Gasteiger partial charge in [0, 0.05) is 37.6 Å². The second kappa shape index (κ2) is 8.15. The van der Waals surface area contributed by atoms with Gasteiger partial charge in [0.05, 0.1) is 6.10 Å². The van der Waals surface area contributed by atoms with E-state index in [0.29, 0.717) is 6.54 Å². The van der Waals surface area contributed by atoms with E-state index in [1.165, 1.54) is 18.5 Å². The molecule has 2 N–H and O–H groups in total. The summed E-state index contributed by atoms with van der Waals surface area (Å²) in [6, 6.07) is 7.79. The van der Waals surface area contributed by atoms with Crippen molar-refractivity contribution in [2.75, 3.05) is 36.5 Å². The largest absolute Gasteiger partial charge is 0.376 e. The van der Waals surface area contributed by atoms with Gasteiger partial charge in [-0.2, -0.15) is 0 Å². The summed E-state index contributed by atoms with van der Waals surface area (Å²) in [7, 11) is 0. The summed E-state index contributed by atoms with van der Waals surface area (Å²) >= 11 is 0. The normalized spacial score (nSPS) is 20.2. The summed E-state index contributed by atoms with van der Waals surface area (Å²) in [5.41, 5.74) is 1.90. The van der Waals surface area contributed by atoms with E-state index in [1.54, 1.807) is 0 Å². The first-order valence-electron chi connectivity index (χ1n) is 8.74. The molecule has 0 radical (unpaired) electrons. The monoisotopic (exact) mass is 331 g/mol. The zero-order chi connectivity index (χ0) is 16.8. The van der Waals surface area contributed by atoms with Gasteiger partial charge in [0.1, 0.15) is 6.42 Å². The molecule has 1 atom stereocenters. The average molecular weight is 331 g/mol. The van der Waals surface area contributed by atoms with Crippen molar-refractivity contribution in [3.05, 3.63) is 24.3 Å². The summed E-state index contributed by atoms with van der Waals surface area (Å²) in [5, 5.41) is 5.53. The van der Waals surface area contributed by atoms with Gasteiger partial charge in [0.15, 0.2) is 0 Å². The van der Waals surface area contributed by atoms with Gasteiger partial charge in [-0.1, -0.05) is 0 Å². The average Bonchev–Trinajstić information content (AvgIpc) is 3.27. The van der Waals surface area contributed by atoms with Gasteiger partial charge in [-0.05, 0) is 49.9 Å². The molecule has 130 valence electrons. The molecule has 0 aliphatic carbocycles. The number of nitrogens with zero attached hydrogens (tertiary/aromatic N) is 1. The van der Waals surface area contributed by atoms with Crippen LogP contribution in [0.25, 0.3) is 0 Å². The fourth-order valence-electron chi connectivity index (χ4n) is 3.18. The number of hydrogen-bond donors (Lipinski definition) is 2. The predicted octanol–water partition coefficient (Wildman–Crippen LogP) is 1.91. The molecule has 1 aromatic rings. The van der Waals surface area contributed by atoms with Crippen molar-refractivity contribution in [3.8, 4) is 0 Å². The van der Waals surface area contributed by atoms with Crippen molar-refractivity contribution < 1.29 is 14.3 Å². The van der Waals surface area contributed by atoms with E-state index in [1.807, 2.05) is 24.3 Å². The van der Waals surface area contributed by atoms with Crippen molar-refractivity contribution in [1.29, 1.82) is 0 Å². The van der Waals surface area contributed by atoms with Crippen LogP contribution in [-0.2, 0) is 14.3 Å². The Bertz CT molecular complexity index is 561. The van der Waals surface area contributed by atoms with E-state index in [-0.39, 0.29) is 24.3 Å². The van der Waals surface area contributed by atoms with Crippen LogP contribution < -0.4 is 15.5 Å². The lowest BCUT2D eigenvalue weighted by molar-refractivity contribution is -0.127. The summed E-state index contributed by atoms with van der Waals surface area (Å²) in [4.78, 5) is 26.1.